The molecule has 0 saturated heterocycles. The lowest BCUT2D eigenvalue weighted by molar-refractivity contribution is 0.508. The molecule has 1 atom stereocenters. The van der Waals surface area contributed by atoms with Gasteiger partial charge in [0.1, 0.15) is 0 Å². The third-order valence-corrected chi connectivity index (χ3v) is 12.5. The molecule has 0 amide bonds. The van der Waals surface area contributed by atoms with Gasteiger partial charge in [0.2, 0.25) is 0 Å². The van der Waals surface area contributed by atoms with Crippen molar-refractivity contribution in [3.05, 3.63) is 216 Å². The van der Waals surface area contributed by atoms with Crippen LogP contribution in [0, 0.1) is 0 Å². The predicted molar refractivity (Wildman–Crippen MR) is 242 cm³/mol. The van der Waals surface area contributed by atoms with Gasteiger partial charge in [-0.05, 0) is 137 Å². The number of benzene rings is 6. The Morgan fingerprint density at radius 1 is 0.614 bits per heavy atom. The molecule has 0 bridgehead atoms. The summed E-state index contributed by atoms with van der Waals surface area (Å²) in [7, 11) is 0. The van der Waals surface area contributed by atoms with Gasteiger partial charge in [0.05, 0.1) is 6.04 Å². The quantitative estimate of drug-likeness (QED) is 0.141. The lowest BCUT2D eigenvalue weighted by Gasteiger charge is -2.27. The zero-order chi connectivity index (χ0) is 38.1. The van der Waals surface area contributed by atoms with Crippen molar-refractivity contribution in [3.8, 4) is 22.3 Å². The number of hydrogen-bond donors (Lipinski definition) is 0. The summed E-state index contributed by atoms with van der Waals surface area (Å²) in [6, 6.07) is 55.9. The van der Waals surface area contributed by atoms with Crippen LogP contribution in [0.15, 0.2) is 188 Å². The van der Waals surface area contributed by atoms with Gasteiger partial charge in [-0.15, -0.1) is 0 Å². The fraction of sp³-hybridized carbons (Fsp3) is 0.164. The zero-order valence-corrected chi connectivity index (χ0v) is 32.6. The van der Waals surface area contributed by atoms with Crippen molar-refractivity contribution in [2.75, 3.05) is 4.90 Å². The molecule has 2 heterocycles. The summed E-state index contributed by atoms with van der Waals surface area (Å²) in [5.41, 5.74) is 19.7. The average molecular weight is 737 g/mol. The number of aryl methyl sites for hydroxylation is 1. The van der Waals surface area contributed by atoms with Crippen LogP contribution in [0.2, 0.25) is 0 Å². The molecule has 1 aromatic heterocycles. The molecule has 1 unspecified atom stereocenters. The van der Waals surface area contributed by atoms with Crippen molar-refractivity contribution in [1.29, 1.82) is 0 Å². The van der Waals surface area contributed by atoms with Crippen molar-refractivity contribution in [1.82, 2.24) is 4.57 Å². The van der Waals surface area contributed by atoms with Gasteiger partial charge in [-0.2, -0.15) is 0 Å². The number of anilines is 2. The van der Waals surface area contributed by atoms with Gasteiger partial charge < -0.3 is 9.47 Å². The van der Waals surface area contributed by atoms with E-state index in [1.807, 2.05) is 6.08 Å². The lowest BCUT2D eigenvalue weighted by atomic mass is 9.89. The van der Waals surface area contributed by atoms with Crippen LogP contribution >= 0.6 is 0 Å². The van der Waals surface area contributed by atoms with Crippen LogP contribution in [-0.4, -0.2) is 4.57 Å². The Morgan fingerprint density at radius 3 is 2.12 bits per heavy atom. The number of hydrogen-bond acceptors (Lipinski definition) is 1. The normalized spacial score (nSPS) is 17.4. The Hall–Kier alpha value is -6.38. The van der Waals surface area contributed by atoms with E-state index in [4.69, 9.17) is 0 Å². The fourth-order valence-electron chi connectivity index (χ4n) is 9.66. The molecule has 0 spiro atoms. The van der Waals surface area contributed by atoms with E-state index in [2.05, 4.69) is 186 Å². The third kappa shape index (κ3) is 6.70. The number of para-hydroxylation sites is 1. The van der Waals surface area contributed by atoms with E-state index in [1.165, 1.54) is 98.2 Å². The molecular weight excluding hydrogens is 689 g/mol. The summed E-state index contributed by atoms with van der Waals surface area (Å²) in [6.07, 6.45) is 18.5. The number of fused-ring (bicyclic) bond motifs is 4. The molecule has 6 aromatic carbocycles. The molecule has 0 saturated carbocycles. The summed E-state index contributed by atoms with van der Waals surface area (Å²) >= 11 is 0. The van der Waals surface area contributed by atoms with Crippen LogP contribution in [-0.2, 0) is 19.3 Å². The van der Waals surface area contributed by atoms with E-state index in [0.717, 1.165) is 31.3 Å². The van der Waals surface area contributed by atoms with Crippen molar-refractivity contribution in [3.63, 3.8) is 0 Å². The Balaban J connectivity index is 0.989. The highest BCUT2D eigenvalue weighted by molar-refractivity contribution is 5.91. The number of nitrogens with zero attached hydrogens (tertiary/aromatic N) is 2. The van der Waals surface area contributed by atoms with E-state index >= 15 is 0 Å². The maximum absolute atomic E-state index is 4.33. The molecule has 0 fully saturated rings. The lowest BCUT2D eigenvalue weighted by Crippen LogP contribution is -2.15. The molecule has 57 heavy (non-hydrogen) atoms. The maximum Gasteiger partial charge on any atom is 0.0525 e. The van der Waals surface area contributed by atoms with Crippen molar-refractivity contribution >= 4 is 33.4 Å². The molecule has 0 N–H and O–H groups in total. The van der Waals surface area contributed by atoms with Gasteiger partial charge in [0.25, 0.3) is 0 Å². The van der Waals surface area contributed by atoms with Crippen LogP contribution in [0.4, 0.5) is 11.4 Å². The highest BCUT2D eigenvalue weighted by atomic mass is 15.2. The van der Waals surface area contributed by atoms with Gasteiger partial charge in [0, 0.05) is 40.1 Å². The van der Waals surface area contributed by atoms with Crippen LogP contribution < -0.4 is 4.90 Å². The van der Waals surface area contributed by atoms with E-state index in [1.54, 1.807) is 11.3 Å². The van der Waals surface area contributed by atoms with Crippen LogP contribution in [0.25, 0.3) is 44.3 Å². The highest BCUT2D eigenvalue weighted by Gasteiger charge is 2.27. The standard InChI is InChI=1S/C55H48N2/c1-2-39(31-33-50-37-47-19-9-11-25-53(47)56(50)48-22-13-20-44(35-48)41-17-7-4-8-18-41)46-32-34-55-52(38-46)51-24-10-12-26-54(51)57(55)49-23-14-21-45(36-49)43-29-27-42(28-30-43)40-15-5-3-6-16-40/h2-9,11,13,15-20,22,25,27-36,38,49H,1,10,12,14,21,23-24,26,37H2/b39-31+,50-33+. The minimum atomic E-state index is 0.368. The number of allylic oxidation sites excluding steroid dienone is 7. The second-order valence-electron chi connectivity index (χ2n) is 15.9. The minimum absolute atomic E-state index is 0.368. The number of aromatic nitrogens is 1. The second kappa shape index (κ2) is 15.3. The first-order valence-electron chi connectivity index (χ1n) is 20.8. The van der Waals surface area contributed by atoms with E-state index in [0.29, 0.717) is 6.04 Å². The van der Waals surface area contributed by atoms with Gasteiger partial charge in [0.15, 0.2) is 0 Å². The predicted octanol–water partition coefficient (Wildman–Crippen LogP) is 14.5. The van der Waals surface area contributed by atoms with Crippen molar-refractivity contribution in [2.45, 2.75) is 57.4 Å². The molecule has 1 aliphatic heterocycles. The SMILES string of the molecule is C=C/C(=C\C=C1/Cc2ccccc2N1c1cccc(-c2ccccc2)c1)c1ccc2c(c1)c1c(n2C2C=C(c3ccc(-c4ccccc4)cc3)CCC2)CCCC1. The summed E-state index contributed by atoms with van der Waals surface area (Å²) < 4.78 is 2.72. The maximum atomic E-state index is 4.33. The monoisotopic (exact) mass is 736 g/mol. The average Bonchev–Trinajstić information content (AvgIpc) is 3.83. The Labute approximate surface area is 337 Å². The molecule has 7 aromatic rings. The summed E-state index contributed by atoms with van der Waals surface area (Å²) in [6.45, 7) is 4.33. The van der Waals surface area contributed by atoms with Crippen LogP contribution in [0.3, 0.4) is 0 Å². The first-order valence-corrected chi connectivity index (χ1v) is 20.8. The van der Waals surface area contributed by atoms with E-state index in [-0.39, 0.29) is 0 Å². The van der Waals surface area contributed by atoms with E-state index in [9.17, 15) is 0 Å². The van der Waals surface area contributed by atoms with Gasteiger partial charge >= 0.3 is 0 Å². The van der Waals surface area contributed by atoms with Crippen LogP contribution in [0.1, 0.15) is 66.1 Å². The minimum Gasteiger partial charge on any atom is -0.337 e. The first kappa shape index (κ1) is 35.1. The Bertz CT molecular complexity index is 2690. The van der Waals surface area contributed by atoms with Crippen molar-refractivity contribution in [2.24, 2.45) is 0 Å². The smallest absolute Gasteiger partial charge is 0.0525 e. The third-order valence-electron chi connectivity index (χ3n) is 12.5. The molecular formula is C55H48N2. The Morgan fingerprint density at radius 2 is 1.32 bits per heavy atom. The number of rotatable bonds is 8. The Kier molecular flexibility index (Phi) is 9.40. The molecule has 2 heteroatoms. The largest absolute Gasteiger partial charge is 0.337 e. The molecule has 2 aliphatic carbocycles. The summed E-state index contributed by atoms with van der Waals surface area (Å²) in [5, 5.41) is 1.42. The van der Waals surface area contributed by atoms with Gasteiger partial charge in [-0.25, -0.2) is 0 Å². The van der Waals surface area contributed by atoms with E-state index < -0.39 is 0 Å². The fourth-order valence-corrected chi connectivity index (χ4v) is 9.66. The van der Waals surface area contributed by atoms with Gasteiger partial charge in [-0.3, -0.25) is 0 Å². The zero-order valence-electron chi connectivity index (χ0n) is 32.6. The first-order chi connectivity index (χ1) is 28.2. The summed E-state index contributed by atoms with van der Waals surface area (Å²) in [5.74, 6) is 0. The molecule has 2 nitrogen and oxygen atoms in total. The molecule has 10 rings (SSSR count). The highest BCUT2D eigenvalue weighted by Crippen LogP contribution is 2.43. The molecule has 3 aliphatic rings. The van der Waals surface area contributed by atoms with Crippen LogP contribution in [0.5, 0.6) is 0 Å². The second-order valence-corrected chi connectivity index (χ2v) is 15.9. The molecule has 278 valence electrons. The van der Waals surface area contributed by atoms with Gasteiger partial charge in [-0.1, -0.05) is 146 Å². The summed E-state index contributed by atoms with van der Waals surface area (Å²) in [4.78, 5) is 2.43. The van der Waals surface area contributed by atoms with Crippen molar-refractivity contribution < 1.29 is 0 Å². The topological polar surface area (TPSA) is 8.17 Å². The molecule has 0 radical (unpaired) electrons.